The third-order valence-electron chi connectivity index (χ3n) is 3.84. The van der Waals surface area contributed by atoms with Gasteiger partial charge >= 0.3 is 12.2 Å². The van der Waals surface area contributed by atoms with E-state index in [1.165, 1.54) is 4.90 Å². The number of nitrogens with one attached hydrogen (secondary N) is 1. The Morgan fingerprint density at radius 2 is 1.92 bits per heavy atom. The van der Waals surface area contributed by atoms with Gasteiger partial charge in [-0.05, 0) is 26.3 Å². The monoisotopic (exact) mass is 350 g/mol. The Hall–Kier alpha value is -2.28. The smallest absolute Gasteiger partial charge is 0.410 e. The summed E-state index contributed by atoms with van der Waals surface area (Å²) in [6.07, 6.45) is -1.02. The van der Waals surface area contributed by atoms with Gasteiger partial charge in [0.2, 0.25) is 0 Å². The van der Waals surface area contributed by atoms with Gasteiger partial charge in [-0.1, -0.05) is 30.3 Å². The van der Waals surface area contributed by atoms with Gasteiger partial charge in [0.15, 0.2) is 0 Å². The van der Waals surface area contributed by atoms with E-state index in [1.54, 1.807) is 20.8 Å². The van der Waals surface area contributed by atoms with E-state index in [9.17, 15) is 14.7 Å². The lowest BCUT2D eigenvalue weighted by Gasteiger charge is -2.24. The molecule has 0 bridgehead atoms. The van der Waals surface area contributed by atoms with Crippen molar-refractivity contribution in [2.45, 2.75) is 39.0 Å². The molecule has 7 heteroatoms. The third-order valence-corrected chi connectivity index (χ3v) is 3.84. The van der Waals surface area contributed by atoms with Crippen molar-refractivity contribution in [1.82, 2.24) is 10.2 Å². The Morgan fingerprint density at radius 1 is 1.24 bits per heavy atom. The average Bonchev–Trinajstić information content (AvgIpc) is 2.95. The molecule has 7 nitrogen and oxygen atoms in total. The molecular formula is C18H26N2O5. The molecule has 0 aliphatic carbocycles. The van der Waals surface area contributed by atoms with Gasteiger partial charge in [0.05, 0.1) is 6.04 Å². The molecule has 0 spiro atoms. The normalized spacial score (nSPS) is 20.2. The molecular weight excluding hydrogens is 324 g/mol. The lowest BCUT2D eigenvalue weighted by Crippen LogP contribution is -2.42. The van der Waals surface area contributed by atoms with Crippen LogP contribution in [0.2, 0.25) is 0 Å². The topological polar surface area (TPSA) is 88.1 Å². The summed E-state index contributed by atoms with van der Waals surface area (Å²) in [6, 6.07) is 8.98. The van der Waals surface area contributed by atoms with Gasteiger partial charge in [0, 0.05) is 25.6 Å². The van der Waals surface area contributed by atoms with Crippen molar-refractivity contribution in [2.75, 3.05) is 19.7 Å². The van der Waals surface area contributed by atoms with Crippen molar-refractivity contribution in [1.29, 1.82) is 0 Å². The van der Waals surface area contributed by atoms with Gasteiger partial charge in [-0.2, -0.15) is 0 Å². The number of nitrogens with zero attached hydrogens (tertiary/aromatic N) is 1. The summed E-state index contributed by atoms with van der Waals surface area (Å²) in [6.45, 7) is 6.01. The number of likely N-dealkylation sites (tertiary alicyclic amines) is 1. The Balaban J connectivity index is 1.85. The van der Waals surface area contributed by atoms with Gasteiger partial charge in [-0.3, -0.25) is 0 Å². The summed E-state index contributed by atoms with van der Waals surface area (Å²) in [4.78, 5) is 25.6. The van der Waals surface area contributed by atoms with Gasteiger partial charge in [-0.15, -0.1) is 0 Å². The molecule has 2 atom stereocenters. The van der Waals surface area contributed by atoms with E-state index < -0.39 is 17.8 Å². The van der Waals surface area contributed by atoms with Crippen LogP contribution < -0.4 is 5.32 Å². The van der Waals surface area contributed by atoms with Crippen LogP contribution in [0, 0.1) is 5.92 Å². The summed E-state index contributed by atoms with van der Waals surface area (Å²) in [7, 11) is 0. The highest BCUT2D eigenvalue weighted by molar-refractivity contribution is 5.70. The van der Waals surface area contributed by atoms with Crippen LogP contribution in [-0.4, -0.2) is 53.5 Å². The van der Waals surface area contributed by atoms with Crippen molar-refractivity contribution >= 4 is 12.2 Å². The average molecular weight is 350 g/mol. The standard InChI is InChI=1S/C18H26N2O5/c1-18(2,3)25-17(23)20-9-14(11-21)15(10-20)19-16(22)24-12-13-7-5-4-6-8-13/h4-8,14-15,21H,9-12H2,1-3H3,(H,19,22). The summed E-state index contributed by atoms with van der Waals surface area (Å²) in [5, 5.41) is 12.2. The SMILES string of the molecule is CC(C)(C)OC(=O)N1CC(CO)C(NC(=O)OCc2ccccc2)C1. The predicted molar refractivity (Wildman–Crippen MR) is 91.9 cm³/mol. The fourth-order valence-corrected chi connectivity index (χ4v) is 2.61. The minimum atomic E-state index is -0.591. The number of carbonyl (C=O) groups is 2. The van der Waals surface area contributed by atoms with Crippen molar-refractivity contribution < 1.29 is 24.2 Å². The highest BCUT2D eigenvalue weighted by atomic mass is 16.6. The molecule has 1 heterocycles. The first kappa shape index (κ1) is 19.1. The number of amides is 2. The molecule has 1 saturated heterocycles. The quantitative estimate of drug-likeness (QED) is 0.869. The summed E-state index contributed by atoms with van der Waals surface area (Å²) in [5.74, 6) is -0.253. The number of aliphatic hydroxyl groups is 1. The second-order valence-corrected chi connectivity index (χ2v) is 7.14. The van der Waals surface area contributed by atoms with Crippen LogP contribution in [0.1, 0.15) is 26.3 Å². The molecule has 2 amide bonds. The van der Waals surface area contributed by atoms with Crippen LogP contribution in [0.25, 0.3) is 0 Å². The molecule has 2 rings (SSSR count). The van der Waals surface area contributed by atoms with Crippen molar-refractivity contribution in [2.24, 2.45) is 5.92 Å². The van der Waals surface area contributed by atoms with E-state index in [4.69, 9.17) is 9.47 Å². The van der Waals surface area contributed by atoms with E-state index in [2.05, 4.69) is 5.32 Å². The van der Waals surface area contributed by atoms with Crippen molar-refractivity contribution in [3.05, 3.63) is 35.9 Å². The largest absolute Gasteiger partial charge is 0.445 e. The first-order chi connectivity index (χ1) is 11.8. The Bertz CT molecular complexity index is 585. The number of rotatable bonds is 4. The van der Waals surface area contributed by atoms with Gasteiger partial charge in [-0.25, -0.2) is 9.59 Å². The molecule has 1 fully saturated rings. The first-order valence-corrected chi connectivity index (χ1v) is 8.34. The minimum absolute atomic E-state index is 0.136. The number of benzene rings is 1. The summed E-state index contributed by atoms with van der Waals surface area (Å²) in [5.41, 5.74) is 0.296. The van der Waals surface area contributed by atoms with Gasteiger partial charge in [0.25, 0.3) is 0 Å². The van der Waals surface area contributed by atoms with Crippen LogP contribution in [0.3, 0.4) is 0 Å². The maximum Gasteiger partial charge on any atom is 0.410 e. The van der Waals surface area contributed by atoms with Crippen molar-refractivity contribution in [3.63, 3.8) is 0 Å². The molecule has 138 valence electrons. The number of hydrogen-bond acceptors (Lipinski definition) is 5. The van der Waals surface area contributed by atoms with Gasteiger partial charge < -0.3 is 24.8 Å². The van der Waals surface area contributed by atoms with Crippen LogP contribution in [-0.2, 0) is 16.1 Å². The van der Waals surface area contributed by atoms with Crippen LogP contribution in [0.15, 0.2) is 30.3 Å². The molecule has 25 heavy (non-hydrogen) atoms. The van der Waals surface area contributed by atoms with Crippen LogP contribution >= 0.6 is 0 Å². The lowest BCUT2D eigenvalue weighted by molar-refractivity contribution is 0.0281. The van der Waals surface area contributed by atoms with Crippen molar-refractivity contribution in [3.8, 4) is 0 Å². The fraction of sp³-hybridized carbons (Fsp3) is 0.556. The van der Waals surface area contributed by atoms with E-state index >= 15 is 0 Å². The van der Waals surface area contributed by atoms with Crippen LogP contribution in [0.5, 0.6) is 0 Å². The van der Waals surface area contributed by atoms with Crippen LogP contribution in [0.4, 0.5) is 9.59 Å². The zero-order valence-corrected chi connectivity index (χ0v) is 14.9. The summed E-state index contributed by atoms with van der Waals surface area (Å²) >= 11 is 0. The van der Waals surface area contributed by atoms with E-state index in [0.29, 0.717) is 6.54 Å². The number of hydrogen-bond donors (Lipinski definition) is 2. The second-order valence-electron chi connectivity index (χ2n) is 7.14. The Morgan fingerprint density at radius 3 is 2.52 bits per heavy atom. The molecule has 1 aliphatic heterocycles. The van der Waals surface area contributed by atoms with Gasteiger partial charge in [0.1, 0.15) is 12.2 Å². The summed E-state index contributed by atoms with van der Waals surface area (Å²) < 4.78 is 10.5. The second kappa shape index (κ2) is 8.20. The lowest BCUT2D eigenvalue weighted by atomic mass is 10.1. The van der Waals surface area contributed by atoms with E-state index in [1.807, 2.05) is 30.3 Å². The zero-order chi connectivity index (χ0) is 18.4. The first-order valence-electron chi connectivity index (χ1n) is 8.34. The van der Waals surface area contributed by atoms with E-state index in [-0.39, 0.29) is 31.7 Å². The molecule has 0 radical (unpaired) electrons. The fourth-order valence-electron chi connectivity index (χ4n) is 2.61. The molecule has 2 N–H and O–H groups in total. The number of alkyl carbamates (subject to hydrolysis) is 1. The highest BCUT2D eigenvalue weighted by Gasteiger charge is 2.37. The molecule has 0 aromatic heterocycles. The number of ether oxygens (including phenoxy) is 2. The minimum Gasteiger partial charge on any atom is -0.445 e. The molecule has 1 aromatic carbocycles. The maximum absolute atomic E-state index is 12.1. The zero-order valence-electron chi connectivity index (χ0n) is 14.9. The molecule has 1 aliphatic rings. The Labute approximate surface area is 147 Å². The Kier molecular flexibility index (Phi) is 6.25. The predicted octanol–water partition coefficient (Wildman–Crippen LogP) is 2.14. The number of carbonyl (C=O) groups excluding carboxylic acids is 2. The molecule has 1 aromatic rings. The molecule has 2 unspecified atom stereocenters. The highest BCUT2D eigenvalue weighted by Crippen LogP contribution is 2.20. The third kappa shape index (κ3) is 5.94. The van der Waals surface area contributed by atoms with E-state index in [0.717, 1.165) is 5.56 Å². The number of aliphatic hydroxyl groups excluding tert-OH is 1. The maximum atomic E-state index is 12.1. The molecule has 0 saturated carbocycles.